The molecule has 0 bridgehead atoms. The van der Waals surface area contributed by atoms with Crippen LogP contribution in [-0.2, 0) is 16.0 Å². The van der Waals surface area contributed by atoms with Crippen LogP contribution in [0.1, 0.15) is 12.5 Å². The van der Waals surface area contributed by atoms with E-state index in [9.17, 15) is 4.79 Å². The van der Waals surface area contributed by atoms with Gasteiger partial charge in [0.2, 0.25) is 0 Å². The largest absolute Gasteiger partial charge is 0.494 e. The van der Waals surface area contributed by atoms with Crippen LogP contribution in [0, 0.1) is 0 Å². The van der Waals surface area contributed by atoms with Gasteiger partial charge < -0.3 is 15.2 Å². The summed E-state index contributed by atoms with van der Waals surface area (Å²) in [5.41, 5.74) is 8.96. The number of benzene rings is 2. The van der Waals surface area contributed by atoms with Gasteiger partial charge in [-0.1, -0.05) is 36.4 Å². The molecule has 0 aliphatic carbocycles. The molecule has 0 aliphatic heterocycles. The lowest BCUT2D eigenvalue weighted by molar-refractivity contribution is -0.142. The van der Waals surface area contributed by atoms with E-state index in [0.29, 0.717) is 13.0 Å². The van der Waals surface area contributed by atoms with Crippen molar-refractivity contribution in [1.29, 1.82) is 0 Å². The van der Waals surface area contributed by atoms with E-state index < -0.39 is 12.0 Å². The van der Waals surface area contributed by atoms with Crippen LogP contribution in [0.3, 0.4) is 0 Å². The van der Waals surface area contributed by atoms with E-state index in [0.717, 1.165) is 22.4 Å². The van der Waals surface area contributed by atoms with Crippen LogP contribution in [0.15, 0.2) is 48.5 Å². The summed E-state index contributed by atoms with van der Waals surface area (Å²) in [6, 6.07) is 15.3. The Hall–Kier alpha value is -2.33. The van der Waals surface area contributed by atoms with Crippen LogP contribution in [0.4, 0.5) is 0 Å². The first kappa shape index (κ1) is 16.0. The summed E-state index contributed by atoms with van der Waals surface area (Å²) >= 11 is 0. The number of hydrogen-bond donors (Lipinski definition) is 1. The molecule has 2 aromatic rings. The molecule has 4 nitrogen and oxygen atoms in total. The van der Waals surface area contributed by atoms with Gasteiger partial charge in [-0.15, -0.1) is 0 Å². The van der Waals surface area contributed by atoms with Gasteiger partial charge in [0.25, 0.3) is 0 Å². The quantitative estimate of drug-likeness (QED) is 0.833. The number of hydrogen-bond acceptors (Lipinski definition) is 4. The predicted molar refractivity (Wildman–Crippen MR) is 86.7 cm³/mol. The van der Waals surface area contributed by atoms with Gasteiger partial charge >= 0.3 is 5.97 Å². The number of rotatable bonds is 6. The monoisotopic (exact) mass is 299 g/mol. The maximum absolute atomic E-state index is 11.6. The lowest BCUT2D eigenvalue weighted by atomic mass is 9.98. The first-order valence-electron chi connectivity index (χ1n) is 7.30. The van der Waals surface area contributed by atoms with E-state index in [1.54, 1.807) is 0 Å². The van der Waals surface area contributed by atoms with E-state index >= 15 is 0 Å². The van der Waals surface area contributed by atoms with Crippen LogP contribution in [-0.4, -0.2) is 25.7 Å². The summed E-state index contributed by atoms with van der Waals surface area (Å²) in [6.07, 6.45) is 0.378. The average molecular weight is 299 g/mol. The molecule has 0 aromatic heterocycles. The first-order valence-corrected chi connectivity index (χ1v) is 7.30. The lowest BCUT2D eigenvalue weighted by Crippen LogP contribution is -2.33. The number of carbonyl (C=O) groups is 1. The molecule has 4 heteroatoms. The van der Waals surface area contributed by atoms with Gasteiger partial charge in [0.1, 0.15) is 11.8 Å². The van der Waals surface area contributed by atoms with Crippen molar-refractivity contribution in [1.82, 2.24) is 0 Å². The zero-order valence-electron chi connectivity index (χ0n) is 12.9. The van der Waals surface area contributed by atoms with E-state index in [2.05, 4.69) is 0 Å². The predicted octanol–water partition coefficient (Wildman–Crippen LogP) is 2.80. The smallest absolute Gasteiger partial charge is 0.322 e. The van der Waals surface area contributed by atoms with Crippen molar-refractivity contribution in [3.05, 3.63) is 54.1 Å². The third-order valence-electron chi connectivity index (χ3n) is 3.41. The van der Waals surface area contributed by atoms with Crippen LogP contribution in [0.2, 0.25) is 0 Å². The Bertz CT molecular complexity index is 625. The number of carbonyl (C=O) groups excluding carboxylic acids is 1. The molecule has 0 saturated heterocycles. The van der Waals surface area contributed by atoms with Gasteiger partial charge in [-0.05, 0) is 35.7 Å². The van der Waals surface area contributed by atoms with Crippen molar-refractivity contribution in [2.75, 3.05) is 13.7 Å². The zero-order valence-corrected chi connectivity index (χ0v) is 12.9. The van der Waals surface area contributed by atoms with Gasteiger partial charge in [-0.2, -0.15) is 0 Å². The number of esters is 1. The molecule has 2 rings (SSSR count). The minimum atomic E-state index is -0.699. The molecule has 0 heterocycles. The van der Waals surface area contributed by atoms with Gasteiger partial charge in [0, 0.05) is 6.42 Å². The maximum atomic E-state index is 11.6. The van der Waals surface area contributed by atoms with Crippen LogP contribution in [0.25, 0.3) is 11.1 Å². The van der Waals surface area contributed by atoms with Gasteiger partial charge in [-0.25, -0.2) is 0 Å². The highest BCUT2D eigenvalue weighted by molar-refractivity contribution is 5.76. The molecule has 2 N–H and O–H groups in total. The van der Waals surface area contributed by atoms with Crippen molar-refractivity contribution in [2.45, 2.75) is 19.4 Å². The Labute approximate surface area is 130 Å². The van der Waals surface area contributed by atoms with Crippen LogP contribution < -0.4 is 10.5 Å². The summed E-state index contributed by atoms with van der Waals surface area (Å²) in [5, 5.41) is 0. The zero-order chi connectivity index (χ0) is 15.9. The van der Waals surface area contributed by atoms with Gasteiger partial charge in [0.05, 0.1) is 13.7 Å². The summed E-state index contributed by atoms with van der Waals surface area (Å²) in [5.74, 6) is 0.328. The summed E-state index contributed by atoms with van der Waals surface area (Å²) in [6.45, 7) is 2.49. The van der Waals surface area contributed by atoms with E-state index in [4.69, 9.17) is 15.2 Å². The van der Waals surface area contributed by atoms with Crippen molar-refractivity contribution in [3.8, 4) is 16.9 Å². The normalized spacial score (nSPS) is 11.8. The van der Waals surface area contributed by atoms with Crippen molar-refractivity contribution in [3.63, 3.8) is 0 Å². The fourth-order valence-electron chi connectivity index (χ4n) is 2.32. The molecule has 0 spiro atoms. The molecule has 0 aliphatic rings. The second-order valence-corrected chi connectivity index (χ2v) is 4.96. The number of nitrogens with two attached hydrogens (primary N) is 1. The molecule has 0 fully saturated rings. The lowest BCUT2D eigenvalue weighted by Gasteiger charge is -2.15. The topological polar surface area (TPSA) is 61.5 Å². The molecule has 1 unspecified atom stereocenters. The Morgan fingerprint density at radius 3 is 2.50 bits per heavy atom. The minimum absolute atomic E-state index is 0.378. The second-order valence-electron chi connectivity index (χ2n) is 4.96. The standard InChI is InChI=1S/C18H21NO3/c1-3-22-17-10-9-14(13-7-5-4-6-8-13)11-15(17)12-16(19)18(20)21-2/h4-11,16H,3,12,19H2,1-2H3. The third kappa shape index (κ3) is 3.86. The molecule has 2 aromatic carbocycles. The van der Waals surface area contributed by atoms with E-state index in [1.807, 2.05) is 55.5 Å². The summed E-state index contributed by atoms with van der Waals surface area (Å²) in [4.78, 5) is 11.6. The molecule has 0 saturated carbocycles. The highest BCUT2D eigenvalue weighted by Gasteiger charge is 2.17. The van der Waals surface area contributed by atoms with Gasteiger partial charge in [-0.3, -0.25) is 4.79 Å². The number of methoxy groups -OCH3 is 1. The number of ether oxygens (including phenoxy) is 2. The van der Waals surface area contributed by atoms with Crippen molar-refractivity contribution >= 4 is 5.97 Å². The highest BCUT2D eigenvalue weighted by Crippen LogP contribution is 2.27. The van der Waals surface area contributed by atoms with E-state index in [-0.39, 0.29) is 0 Å². The Balaban J connectivity index is 2.33. The molecule has 1 atom stereocenters. The SMILES string of the molecule is CCOc1ccc(-c2ccccc2)cc1CC(N)C(=O)OC. The summed E-state index contributed by atoms with van der Waals surface area (Å²) < 4.78 is 10.3. The Kier molecular flexibility index (Phi) is 5.55. The molecule has 0 amide bonds. The Morgan fingerprint density at radius 1 is 1.14 bits per heavy atom. The maximum Gasteiger partial charge on any atom is 0.322 e. The Morgan fingerprint density at radius 2 is 1.86 bits per heavy atom. The summed E-state index contributed by atoms with van der Waals surface area (Å²) in [7, 11) is 1.34. The van der Waals surface area contributed by atoms with E-state index in [1.165, 1.54) is 7.11 Å². The van der Waals surface area contributed by atoms with Crippen LogP contribution >= 0.6 is 0 Å². The van der Waals surface area contributed by atoms with Gasteiger partial charge in [0.15, 0.2) is 0 Å². The first-order chi connectivity index (χ1) is 10.7. The fraction of sp³-hybridized carbons (Fsp3) is 0.278. The molecule has 0 radical (unpaired) electrons. The minimum Gasteiger partial charge on any atom is -0.494 e. The van der Waals surface area contributed by atoms with Crippen molar-refractivity contribution < 1.29 is 14.3 Å². The average Bonchev–Trinajstić information content (AvgIpc) is 2.56. The second kappa shape index (κ2) is 7.61. The highest BCUT2D eigenvalue weighted by atomic mass is 16.5. The van der Waals surface area contributed by atoms with Crippen molar-refractivity contribution in [2.24, 2.45) is 5.73 Å². The third-order valence-corrected chi connectivity index (χ3v) is 3.41. The molecule has 22 heavy (non-hydrogen) atoms. The molecular formula is C18H21NO3. The molecule has 116 valence electrons. The molecular weight excluding hydrogens is 278 g/mol. The van der Waals surface area contributed by atoms with Crippen LogP contribution in [0.5, 0.6) is 5.75 Å². The fourth-order valence-corrected chi connectivity index (χ4v) is 2.32.